The number of epoxide rings is 1. The SMILES string of the molecule is Cc1ccc2c(c1)C(=O)[C@@]1(O[C@@H]1c1ccc(Cl)c(Cl)c1)C2=O. The Labute approximate surface area is 136 Å². The molecule has 2 aromatic carbocycles. The zero-order chi connectivity index (χ0) is 15.6. The molecule has 110 valence electrons. The number of ketones is 2. The van der Waals surface area contributed by atoms with E-state index >= 15 is 0 Å². The number of Topliss-reactive ketones (excluding diaryl/α,β-unsaturated/α-hetero) is 2. The molecule has 0 aromatic heterocycles. The first-order chi connectivity index (χ1) is 10.4. The summed E-state index contributed by atoms with van der Waals surface area (Å²) >= 11 is 11.9. The molecule has 1 fully saturated rings. The van der Waals surface area contributed by atoms with Gasteiger partial charge in [0.1, 0.15) is 6.10 Å². The highest BCUT2D eigenvalue weighted by atomic mass is 35.5. The van der Waals surface area contributed by atoms with E-state index in [4.69, 9.17) is 27.9 Å². The zero-order valence-corrected chi connectivity index (χ0v) is 13.0. The minimum atomic E-state index is -1.41. The molecule has 5 heteroatoms. The van der Waals surface area contributed by atoms with Gasteiger partial charge in [-0.2, -0.15) is 0 Å². The molecule has 0 bridgehead atoms. The largest absolute Gasteiger partial charge is 0.344 e. The van der Waals surface area contributed by atoms with Crippen molar-refractivity contribution in [3.05, 3.63) is 68.7 Å². The maximum Gasteiger partial charge on any atom is 0.224 e. The third kappa shape index (κ3) is 1.67. The fraction of sp³-hybridized carbons (Fsp3) is 0.176. The summed E-state index contributed by atoms with van der Waals surface area (Å²) in [5, 5.41) is 0.791. The summed E-state index contributed by atoms with van der Waals surface area (Å²) in [4.78, 5) is 25.3. The molecule has 22 heavy (non-hydrogen) atoms. The second-order valence-corrected chi connectivity index (χ2v) is 6.43. The molecule has 1 heterocycles. The first-order valence-corrected chi connectivity index (χ1v) is 7.54. The Morgan fingerprint density at radius 2 is 1.68 bits per heavy atom. The predicted octanol–water partition coefficient (Wildman–Crippen LogP) is 4.19. The summed E-state index contributed by atoms with van der Waals surface area (Å²) in [6.07, 6.45) is -0.602. The van der Waals surface area contributed by atoms with Gasteiger partial charge < -0.3 is 4.74 Å². The molecule has 4 rings (SSSR count). The highest BCUT2D eigenvalue weighted by Gasteiger charge is 2.72. The number of fused-ring (bicyclic) bond motifs is 1. The number of halogens is 2. The summed E-state index contributed by atoms with van der Waals surface area (Å²) in [5.74, 6) is -0.546. The van der Waals surface area contributed by atoms with E-state index in [1.54, 1.807) is 30.3 Å². The molecule has 2 aromatic rings. The summed E-state index contributed by atoms with van der Waals surface area (Å²) in [5.41, 5.74) is 1.07. The fourth-order valence-electron chi connectivity index (χ4n) is 3.02. The van der Waals surface area contributed by atoms with Gasteiger partial charge in [0.25, 0.3) is 0 Å². The van der Waals surface area contributed by atoms with Crippen LogP contribution >= 0.6 is 23.2 Å². The van der Waals surface area contributed by atoms with Crippen molar-refractivity contribution in [1.29, 1.82) is 0 Å². The van der Waals surface area contributed by atoms with Crippen molar-refractivity contribution in [3.63, 3.8) is 0 Å². The molecule has 3 nitrogen and oxygen atoms in total. The predicted molar refractivity (Wildman–Crippen MR) is 82.9 cm³/mol. The van der Waals surface area contributed by atoms with Crippen molar-refractivity contribution >= 4 is 34.8 Å². The average molecular weight is 333 g/mol. The summed E-state index contributed by atoms with van der Waals surface area (Å²) < 4.78 is 5.59. The third-order valence-corrected chi connectivity index (χ3v) is 4.94. The van der Waals surface area contributed by atoms with Crippen molar-refractivity contribution in [2.24, 2.45) is 0 Å². The highest BCUT2D eigenvalue weighted by Crippen LogP contribution is 2.57. The molecule has 2 atom stereocenters. The van der Waals surface area contributed by atoms with Crippen LogP contribution in [0.4, 0.5) is 0 Å². The fourth-order valence-corrected chi connectivity index (χ4v) is 3.33. The van der Waals surface area contributed by atoms with Crippen LogP contribution in [0.5, 0.6) is 0 Å². The lowest BCUT2D eigenvalue weighted by molar-refractivity contribution is 0.0785. The first-order valence-electron chi connectivity index (χ1n) is 6.78. The third-order valence-electron chi connectivity index (χ3n) is 4.20. The second kappa shape index (κ2) is 4.42. The van der Waals surface area contributed by atoms with Gasteiger partial charge in [0, 0.05) is 11.1 Å². The molecule has 0 radical (unpaired) electrons. The lowest BCUT2D eigenvalue weighted by atomic mass is 9.95. The molecule has 0 amide bonds. The molecule has 1 aliphatic heterocycles. The standard InChI is InChI=1S/C17H10Cl2O3/c1-8-2-4-10-11(6-8)15(21)17(14(10)20)16(22-17)9-3-5-12(18)13(19)7-9/h2-7,16H,1H3/t16-,17+/m1/s1. The molecule has 1 saturated heterocycles. The van der Waals surface area contributed by atoms with E-state index in [1.165, 1.54) is 0 Å². The number of rotatable bonds is 1. The molecule has 1 spiro atoms. The van der Waals surface area contributed by atoms with Crippen molar-refractivity contribution in [1.82, 2.24) is 0 Å². The van der Waals surface area contributed by atoms with E-state index in [0.29, 0.717) is 26.7 Å². The number of hydrogen-bond donors (Lipinski definition) is 0. The van der Waals surface area contributed by atoms with Crippen LogP contribution in [0.2, 0.25) is 10.0 Å². The maximum absolute atomic E-state index is 12.7. The number of ether oxygens (including phenoxy) is 1. The summed E-state index contributed by atoms with van der Waals surface area (Å²) in [6.45, 7) is 1.88. The van der Waals surface area contributed by atoms with Gasteiger partial charge in [-0.05, 0) is 30.7 Å². The van der Waals surface area contributed by atoms with E-state index in [9.17, 15) is 9.59 Å². The van der Waals surface area contributed by atoms with Crippen LogP contribution in [0.25, 0.3) is 0 Å². The maximum atomic E-state index is 12.7. The van der Waals surface area contributed by atoms with E-state index in [-0.39, 0.29) is 11.6 Å². The summed E-state index contributed by atoms with van der Waals surface area (Å²) in [6, 6.07) is 10.2. The molecule has 2 aliphatic rings. The highest BCUT2D eigenvalue weighted by molar-refractivity contribution is 6.42. The topological polar surface area (TPSA) is 46.7 Å². The Bertz CT molecular complexity index is 859. The van der Waals surface area contributed by atoms with Crippen molar-refractivity contribution in [2.75, 3.05) is 0 Å². The number of carbonyl (C=O) groups excluding carboxylic acids is 2. The van der Waals surface area contributed by atoms with Crippen LogP contribution in [0, 0.1) is 6.92 Å². The summed E-state index contributed by atoms with van der Waals surface area (Å²) in [7, 11) is 0. The van der Waals surface area contributed by atoms with Crippen LogP contribution in [0.15, 0.2) is 36.4 Å². The van der Waals surface area contributed by atoms with E-state index in [2.05, 4.69) is 0 Å². The van der Waals surface area contributed by atoms with Gasteiger partial charge in [0.15, 0.2) is 0 Å². The molecule has 0 N–H and O–H groups in total. The number of benzene rings is 2. The zero-order valence-electron chi connectivity index (χ0n) is 11.5. The van der Waals surface area contributed by atoms with E-state index in [0.717, 1.165) is 5.56 Å². The molecule has 1 aliphatic carbocycles. The average Bonchev–Trinajstić information content (AvgIpc) is 3.21. The normalized spacial score (nSPS) is 25.7. The Morgan fingerprint density at radius 3 is 2.41 bits per heavy atom. The van der Waals surface area contributed by atoms with Crippen molar-refractivity contribution in [3.8, 4) is 0 Å². The number of hydrogen-bond acceptors (Lipinski definition) is 3. The molecular formula is C17H10Cl2O3. The monoisotopic (exact) mass is 332 g/mol. The Balaban J connectivity index is 1.78. The van der Waals surface area contributed by atoms with Crippen LogP contribution in [-0.4, -0.2) is 17.2 Å². The van der Waals surface area contributed by atoms with Crippen LogP contribution in [0.1, 0.15) is 37.9 Å². The van der Waals surface area contributed by atoms with Crippen LogP contribution in [-0.2, 0) is 4.74 Å². The Morgan fingerprint density at radius 1 is 0.955 bits per heavy atom. The van der Waals surface area contributed by atoms with Gasteiger partial charge in [0.2, 0.25) is 17.2 Å². The Hall–Kier alpha value is -1.68. The van der Waals surface area contributed by atoms with E-state index in [1.807, 2.05) is 13.0 Å². The Kier molecular flexibility index (Phi) is 2.80. The van der Waals surface area contributed by atoms with Gasteiger partial charge in [-0.3, -0.25) is 9.59 Å². The van der Waals surface area contributed by atoms with Gasteiger partial charge in [-0.25, -0.2) is 0 Å². The van der Waals surface area contributed by atoms with Gasteiger partial charge in [0.05, 0.1) is 10.0 Å². The van der Waals surface area contributed by atoms with Crippen molar-refractivity contribution in [2.45, 2.75) is 18.6 Å². The quantitative estimate of drug-likeness (QED) is 0.581. The van der Waals surface area contributed by atoms with E-state index < -0.39 is 11.7 Å². The lowest BCUT2D eigenvalue weighted by Gasteiger charge is -2.02. The van der Waals surface area contributed by atoms with Gasteiger partial charge >= 0.3 is 0 Å². The molecule has 0 saturated carbocycles. The van der Waals surface area contributed by atoms with Crippen LogP contribution in [0.3, 0.4) is 0 Å². The van der Waals surface area contributed by atoms with Gasteiger partial charge in [-0.1, -0.05) is 47.0 Å². The molecule has 0 unspecified atom stereocenters. The smallest absolute Gasteiger partial charge is 0.224 e. The minimum Gasteiger partial charge on any atom is -0.344 e. The van der Waals surface area contributed by atoms with Gasteiger partial charge in [-0.15, -0.1) is 0 Å². The number of aryl methyl sites for hydroxylation is 1. The van der Waals surface area contributed by atoms with Crippen molar-refractivity contribution < 1.29 is 14.3 Å². The number of carbonyl (C=O) groups is 2. The molecular weight excluding hydrogens is 323 g/mol. The lowest BCUT2D eigenvalue weighted by Crippen LogP contribution is -2.27. The minimum absolute atomic E-state index is 0.271. The first kappa shape index (κ1) is 13.9. The van der Waals surface area contributed by atoms with Crippen LogP contribution < -0.4 is 0 Å². The second-order valence-electron chi connectivity index (χ2n) is 5.61.